The number of fused-ring (bicyclic) bond motifs is 1. The summed E-state index contributed by atoms with van der Waals surface area (Å²) < 4.78 is 42.9. The van der Waals surface area contributed by atoms with Gasteiger partial charge in [0, 0.05) is 11.6 Å². The minimum absolute atomic E-state index is 0.106. The molecular weight excluding hydrogens is 295 g/mol. The van der Waals surface area contributed by atoms with Crippen LogP contribution in [0, 0.1) is 0 Å². The maximum atomic E-state index is 12.7. The number of carbonyl (C=O) groups is 1. The summed E-state index contributed by atoms with van der Waals surface area (Å²) in [6.45, 7) is 1.85. The number of aromatic nitrogens is 1. The molecule has 0 radical (unpaired) electrons. The van der Waals surface area contributed by atoms with Gasteiger partial charge in [-0.3, -0.25) is 4.98 Å². The Balaban J connectivity index is 2.53. The maximum absolute atomic E-state index is 12.7. The number of alkyl halides is 3. The Morgan fingerprint density at radius 3 is 2.65 bits per heavy atom. The van der Waals surface area contributed by atoms with Crippen LogP contribution in [0.15, 0.2) is 24.4 Å². The van der Waals surface area contributed by atoms with Crippen molar-refractivity contribution in [1.29, 1.82) is 0 Å². The lowest BCUT2D eigenvalue weighted by atomic mass is 10.1. The van der Waals surface area contributed by atoms with Crippen molar-refractivity contribution in [3.8, 4) is 0 Å². The zero-order chi connectivity index (χ0) is 14.9. The van der Waals surface area contributed by atoms with Crippen molar-refractivity contribution in [2.24, 2.45) is 0 Å². The number of hydrogen-bond donors (Lipinski definition) is 0. The number of halogens is 4. The first-order valence-corrected chi connectivity index (χ1v) is 6.04. The van der Waals surface area contributed by atoms with Crippen molar-refractivity contribution < 1.29 is 22.7 Å². The lowest BCUT2D eigenvalue weighted by Crippen LogP contribution is -2.07. The molecule has 1 aromatic heterocycles. The van der Waals surface area contributed by atoms with E-state index in [4.69, 9.17) is 16.3 Å². The molecule has 1 heterocycles. The Kier molecular flexibility index (Phi) is 3.85. The second kappa shape index (κ2) is 5.28. The molecule has 20 heavy (non-hydrogen) atoms. The standard InChI is InChI=1S/C13H9ClF3NO2/c1-2-20-12(19)8-3-7-4-10(14)9(13(15,16)17)5-11(7)18-6-8/h3-6H,2H2,1H3. The first-order valence-electron chi connectivity index (χ1n) is 5.66. The molecule has 0 aliphatic carbocycles. The molecule has 0 saturated heterocycles. The number of hydrogen-bond acceptors (Lipinski definition) is 3. The highest BCUT2D eigenvalue weighted by atomic mass is 35.5. The van der Waals surface area contributed by atoms with Gasteiger partial charge in [-0.1, -0.05) is 11.6 Å². The summed E-state index contributed by atoms with van der Waals surface area (Å²) >= 11 is 5.62. The summed E-state index contributed by atoms with van der Waals surface area (Å²) in [5.41, 5.74) is -0.687. The summed E-state index contributed by atoms with van der Waals surface area (Å²) in [4.78, 5) is 15.4. The molecule has 0 saturated carbocycles. The van der Waals surface area contributed by atoms with Crippen LogP contribution in [-0.4, -0.2) is 17.6 Å². The zero-order valence-electron chi connectivity index (χ0n) is 10.3. The molecule has 0 unspecified atom stereocenters. The summed E-state index contributed by atoms with van der Waals surface area (Å²) in [5.74, 6) is -0.585. The van der Waals surface area contributed by atoms with E-state index in [1.54, 1.807) is 6.92 Å². The minimum atomic E-state index is -4.55. The summed E-state index contributed by atoms with van der Waals surface area (Å²) in [6, 6.07) is 3.38. The van der Waals surface area contributed by atoms with Gasteiger partial charge in [0.2, 0.25) is 0 Å². The molecule has 3 nitrogen and oxygen atoms in total. The van der Waals surface area contributed by atoms with E-state index in [0.29, 0.717) is 5.39 Å². The van der Waals surface area contributed by atoms with Gasteiger partial charge in [0.25, 0.3) is 0 Å². The molecule has 0 bridgehead atoms. The van der Waals surface area contributed by atoms with Crippen LogP contribution in [0.25, 0.3) is 10.9 Å². The molecule has 0 atom stereocenters. The van der Waals surface area contributed by atoms with E-state index in [1.807, 2.05) is 0 Å². The molecule has 0 fully saturated rings. The minimum Gasteiger partial charge on any atom is -0.462 e. The molecule has 0 aliphatic rings. The Labute approximate surface area is 117 Å². The van der Waals surface area contributed by atoms with Crippen LogP contribution in [0.5, 0.6) is 0 Å². The molecule has 0 N–H and O–H groups in total. The highest BCUT2D eigenvalue weighted by molar-refractivity contribution is 6.32. The Hall–Kier alpha value is -1.82. The number of benzene rings is 1. The van der Waals surface area contributed by atoms with Crippen molar-refractivity contribution >= 4 is 28.5 Å². The molecule has 2 rings (SSSR count). The fraction of sp³-hybridized carbons (Fsp3) is 0.231. The fourth-order valence-corrected chi connectivity index (χ4v) is 1.97. The average Bonchev–Trinajstić information content (AvgIpc) is 2.36. The van der Waals surface area contributed by atoms with E-state index in [-0.39, 0.29) is 17.7 Å². The topological polar surface area (TPSA) is 39.2 Å². The highest BCUT2D eigenvalue weighted by Gasteiger charge is 2.33. The highest BCUT2D eigenvalue weighted by Crippen LogP contribution is 2.36. The largest absolute Gasteiger partial charge is 0.462 e. The van der Waals surface area contributed by atoms with E-state index < -0.39 is 22.7 Å². The third-order valence-electron chi connectivity index (χ3n) is 2.59. The second-order valence-electron chi connectivity index (χ2n) is 3.97. The Morgan fingerprint density at radius 1 is 1.35 bits per heavy atom. The number of ether oxygens (including phenoxy) is 1. The van der Waals surface area contributed by atoms with Gasteiger partial charge < -0.3 is 4.74 Å². The monoisotopic (exact) mass is 303 g/mol. The normalized spacial score (nSPS) is 11.7. The molecule has 2 aromatic rings. The van der Waals surface area contributed by atoms with Crippen LogP contribution in [-0.2, 0) is 10.9 Å². The maximum Gasteiger partial charge on any atom is 0.417 e. The van der Waals surface area contributed by atoms with Crippen LogP contribution in [0.2, 0.25) is 5.02 Å². The molecule has 0 aliphatic heterocycles. The van der Waals surface area contributed by atoms with Gasteiger partial charge in [-0.2, -0.15) is 13.2 Å². The number of esters is 1. The van der Waals surface area contributed by atoms with Gasteiger partial charge in [-0.05, 0) is 25.1 Å². The molecule has 7 heteroatoms. The molecular formula is C13H9ClF3NO2. The number of pyridine rings is 1. The third-order valence-corrected chi connectivity index (χ3v) is 2.90. The van der Waals surface area contributed by atoms with E-state index in [1.165, 1.54) is 12.3 Å². The van der Waals surface area contributed by atoms with Crippen molar-refractivity contribution in [2.45, 2.75) is 13.1 Å². The van der Waals surface area contributed by atoms with Gasteiger partial charge in [0.05, 0.1) is 28.3 Å². The first-order chi connectivity index (χ1) is 9.32. The van der Waals surface area contributed by atoms with Gasteiger partial charge in [-0.15, -0.1) is 0 Å². The van der Waals surface area contributed by atoms with Crippen LogP contribution < -0.4 is 0 Å². The smallest absolute Gasteiger partial charge is 0.417 e. The molecule has 1 aromatic carbocycles. The van der Waals surface area contributed by atoms with Crippen molar-refractivity contribution in [2.75, 3.05) is 6.61 Å². The van der Waals surface area contributed by atoms with Crippen molar-refractivity contribution in [3.05, 3.63) is 40.5 Å². The number of rotatable bonds is 2. The molecule has 106 valence electrons. The average molecular weight is 304 g/mol. The molecule has 0 amide bonds. The first kappa shape index (κ1) is 14.6. The van der Waals surface area contributed by atoms with Gasteiger partial charge in [0.15, 0.2) is 0 Å². The van der Waals surface area contributed by atoms with E-state index in [9.17, 15) is 18.0 Å². The van der Waals surface area contributed by atoms with Gasteiger partial charge in [0.1, 0.15) is 0 Å². The predicted molar refractivity (Wildman–Crippen MR) is 67.7 cm³/mol. The van der Waals surface area contributed by atoms with Gasteiger partial charge in [-0.25, -0.2) is 4.79 Å². The van der Waals surface area contributed by atoms with E-state index >= 15 is 0 Å². The Morgan fingerprint density at radius 2 is 2.05 bits per heavy atom. The van der Waals surface area contributed by atoms with Crippen molar-refractivity contribution in [1.82, 2.24) is 4.98 Å². The Bertz CT molecular complexity index is 670. The summed E-state index contributed by atoms with van der Waals surface area (Å²) in [5, 5.41) is -0.0960. The summed E-state index contributed by atoms with van der Waals surface area (Å²) in [6.07, 6.45) is -3.37. The van der Waals surface area contributed by atoms with E-state index in [2.05, 4.69) is 4.98 Å². The van der Waals surface area contributed by atoms with Crippen LogP contribution >= 0.6 is 11.6 Å². The zero-order valence-corrected chi connectivity index (χ0v) is 11.0. The van der Waals surface area contributed by atoms with E-state index in [0.717, 1.165) is 12.1 Å². The predicted octanol–water partition coefficient (Wildman–Crippen LogP) is 4.08. The molecule has 0 spiro atoms. The van der Waals surface area contributed by atoms with Crippen LogP contribution in [0.3, 0.4) is 0 Å². The van der Waals surface area contributed by atoms with Crippen LogP contribution in [0.4, 0.5) is 13.2 Å². The number of carbonyl (C=O) groups excluding carboxylic acids is 1. The SMILES string of the molecule is CCOC(=O)c1cnc2cc(C(F)(F)F)c(Cl)cc2c1. The summed E-state index contributed by atoms with van der Waals surface area (Å²) in [7, 11) is 0. The lowest BCUT2D eigenvalue weighted by Gasteiger charge is -2.10. The second-order valence-corrected chi connectivity index (χ2v) is 4.37. The third kappa shape index (κ3) is 2.85. The fourth-order valence-electron chi connectivity index (χ4n) is 1.69. The van der Waals surface area contributed by atoms with Gasteiger partial charge >= 0.3 is 12.1 Å². The quantitative estimate of drug-likeness (QED) is 0.785. The lowest BCUT2D eigenvalue weighted by molar-refractivity contribution is -0.137. The number of nitrogens with zero attached hydrogens (tertiary/aromatic N) is 1. The van der Waals surface area contributed by atoms with Crippen molar-refractivity contribution in [3.63, 3.8) is 0 Å². The van der Waals surface area contributed by atoms with Crippen LogP contribution in [0.1, 0.15) is 22.8 Å².